The van der Waals surface area contributed by atoms with Gasteiger partial charge in [-0.2, -0.15) is 0 Å². The van der Waals surface area contributed by atoms with Crippen molar-refractivity contribution in [1.29, 1.82) is 0 Å². The molecule has 0 unspecified atom stereocenters. The van der Waals surface area contributed by atoms with Gasteiger partial charge in [0.1, 0.15) is 4.21 Å². The Bertz CT molecular complexity index is 633. The molecule has 1 fully saturated rings. The first-order valence-corrected chi connectivity index (χ1v) is 9.03. The summed E-state index contributed by atoms with van der Waals surface area (Å²) in [6.07, 6.45) is 4.24. The minimum atomic E-state index is -3.71. The molecular weight excluding hydrogens is 314 g/mol. The summed E-state index contributed by atoms with van der Waals surface area (Å²) in [5, 5.41) is 13.8. The molecule has 1 saturated carbocycles. The summed E-state index contributed by atoms with van der Waals surface area (Å²) in [5.74, 6) is 0. The highest BCUT2D eigenvalue weighted by atomic mass is 32.2. The van der Waals surface area contributed by atoms with E-state index in [-0.39, 0.29) is 20.3 Å². The van der Waals surface area contributed by atoms with Gasteiger partial charge in [0.25, 0.3) is 0 Å². The quantitative estimate of drug-likeness (QED) is 0.615. The summed E-state index contributed by atoms with van der Waals surface area (Å²) in [5.41, 5.74) is -0.225. The fourth-order valence-electron chi connectivity index (χ4n) is 2.55. The summed E-state index contributed by atoms with van der Waals surface area (Å²) in [7, 11) is -2.18. The zero-order valence-corrected chi connectivity index (χ0v) is 13.6. The second kappa shape index (κ2) is 5.90. The van der Waals surface area contributed by atoms with E-state index in [1.807, 2.05) is 0 Å². The second-order valence-electron chi connectivity index (χ2n) is 5.63. The molecule has 1 aliphatic rings. The van der Waals surface area contributed by atoms with Crippen LogP contribution < -0.4 is 10.0 Å². The maximum absolute atomic E-state index is 12.3. The van der Waals surface area contributed by atoms with Crippen LogP contribution in [0.4, 0.5) is 10.7 Å². The van der Waals surface area contributed by atoms with E-state index in [0.29, 0.717) is 6.54 Å². The molecule has 0 atom stereocenters. The topological polar surface area (TPSA) is 101 Å². The number of hydrogen-bond acceptors (Lipinski definition) is 6. The van der Waals surface area contributed by atoms with Crippen molar-refractivity contribution in [3.05, 3.63) is 16.2 Å². The van der Waals surface area contributed by atoms with Gasteiger partial charge in [0, 0.05) is 19.7 Å². The molecule has 0 aliphatic heterocycles. The van der Waals surface area contributed by atoms with Gasteiger partial charge in [0.15, 0.2) is 5.00 Å². The minimum absolute atomic E-state index is 0.0118. The number of thiophene rings is 1. The van der Waals surface area contributed by atoms with E-state index in [1.165, 1.54) is 7.05 Å². The van der Waals surface area contributed by atoms with E-state index in [1.54, 1.807) is 0 Å². The lowest BCUT2D eigenvalue weighted by atomic mass is 9.89. The first kappa shape index (κ1) is 16.2. The van der Waals surface area contributed by atoms with Gasteiger partial charge in [0.05, 0.1) is 4.92 Å². The second-order valence-corrected chi connectivity index (χ2v) is 8.68. The average molecular weight is 333 g/mol. The Kier molecular flexibility index (Phi) is 4.54. The average Bonchev–Trinajstić information content (AvgIpc) is 3.03. The lowest BCUT2D eigenvalue weighted by Gasteiger charge is -2.23. The predicted octanol–water partition coefficient (Wildman–Crippen LogP) is 2.56. The number of nitro groups is 1. The Hall–Kier alpha value is -1.19. The minimum Gasteiger partial charge on any atom is -0.374 e. The summed E-state index contributed by atoms with van der Waals surface area (Å²) in [6.45, 7) is 2.44. The predicted molar refractivity (Wildman–Crippen MR) is 82.3 cm³/mol. The van der Waals surface area contributed by atoms with E-state index in [4.69, 9.17) is 0 Å². The Balaban J connectivity index is 2.17. The Morgan fingerprint density at radius 2 is 2.05 bits per heavy atom. The molecule has 2 N–H and O–H groups in total. The largest absolute Gasteiger partial charge is 0.374 e. The normalized spacial score (nSPS) is 17.8. The molecule has 0 aromatic carbocycles. The lowest BCUT2D eigenvalue weighted by Crippen LogP contribution is -2.33. The van der Waals surface area contributed by atoms with Crippen molar-refractivity contribution in [2.75, 3.05) is 18.9 Å². The third kappa shape index (κ3) is 3.53. The van der Waals surface area contributed by atoms with E-state index >= 15 is 0 Å². The molecule has 0 bridgehead atoms. The van der Waals surface area contributed by atoms with Crippen LogP contribution >= 0.6 is 11.3 Å². The monoisotopic (exact) mass is 333 g/mol. The number of anilines is 1. The van der Waals surface area contributed by atoms with Crippen LogP contribution in [-0.2, 0) is 10.0 Å². The SMILES string of the molecule is CNc1sc(S(=O)(=O)NCC2(C)CCCC2)cc1[N+](=O)[O-]. The molecule has 0 amide bonds. The van der Waals surface area contributed by atoms with Crippen LogP contribution in [0.15, 0.2) is 10.3 Å². The van der Waals surface area contributed by atoms with Crippen LogP contribution in [0.25, 0.3) is 0 Å². The van der Waals surface area contributed by atoms with Crippen LogP contribution in [0, 0.1) is 15.5 Å². The molecule has 21 heavy (non-hydrogen) atoms. The van der Waals surface area contributed by atoms with Gasteiger partial charge in [0.2, 0.25) is 10.0 Å². The Labute approximate surface area is 127 Å². The fourth-order valence-corrected chi connectivity index (χ4v) is 5.08. The highest BCUT2D eigenvalue weighted by Crippen LogP contribution is 2.39. The number of nitrogens with zero attached hydrogens (tertiary/aromatic N) is 1. The third-order valence-corrected chi connectivity index (χ3v) is 6.89. The zero-order chi connectivity index (χ0) is 15.7. The highest BCUT2D eigenvalue weighted by Gasteiger charge is 2.32. The molecule has 1 aromatic rings. The number of rotatable bonds is 6. The van der Waals surface area contributed by atoms with Gasteiger partial charge in [-0.25, -0.2) is 13.1 Å². The van der Waals surface area contributed by atoms with Crippen molar-refractivity contribution in [2.45, 2.75) is 36.8 Å². The Morgan fingerprint density at radius 3 is 2.52 bits per heavy atom. The smallest absolute Gasteiger partial charge is 0.304 e. The summed E-state index contributed by atoms with van der Waals surface area (Å²) >= 11 is 0.873. The maximum atomic E-state index is 12.3. The van der Waals surface area contributed by atoms with Gasteiger partial charge in [-0.3, -0.25) is 10.1 Å². The molecule has 118 valence electrons. The van der Waals surface area contributed by atoms with Crippen molar-refractivity contribution in [1.82, 2.24) is 4.72 Å². The van der Waals surface area contributed by atoms with Gasteiger partial charge in [-0.15, -0.1) is 0 Å². The molecule has 9 heteroatoms. The molecule has 1 heterocycles. The maximum Gasteiger partial charge on any atom is 0.304 e. The van der Waals surface area contributed by atoms with Crippen LogP contribution in [0.1, 0.15) is 32.6 Å². The van der Waals surface area contributed by atoms with Gasteiger partial charge < -0.3 is 5.32 Å². The van der Waals surface area contributed by atoms with Crippen molar-refractivity contribution in [3.63, 3.8) is 0 Å². The molecule has 7 nitrogen and oxygen atoms in total. The van der Waals surface area contributed by atoms with E-state index in [2.05, 4.69) is 17.0 Å². The van der Waals surface area contributed by atoms with Crippen LogP contribution in [0.2, 0.25) is 0 Å². The molecule has 0 radical (unpaired) electrons. The first-order valence-electron chi connectivity index (χ1n) is 6.73. The van der Waals surface area contributed by atoms with Crippen molar-refractivity contribution < 1.29 is 13.3 Å². The van der Waals surface area contributed by atoms with Crippen LogP contribution in [0.3, 0.4) is 0 Å². The first-order chi connectivity index (χ1) is 9.77. The molecule has 0 spiro atoms. The third-order valence-electron chi connectivity index (χ3n) is 3.88. The van der Waals surface area contributed by atoms with Crippen molar-refractivity contribution in [3.8, 4) is 0 Å². The lowest BCUT2D eigenvalue weighted by molar-refractivity contribution is -0.383. The highest BCUT2D eigenvalue weighted by molar-refractivity contribution is 7.91. The van der Waals surface area contributed by atoms with Crippen molar-refractivity contribution >= 4 is 32.0 Å². The molecule has 2 rings (SSSR count). The van der Waals surface area contributed by atoms with E-state index in [9.17, 15) is 18.5 Å². The summed E-state index contributed by atoms with van der Waals surface area (Å²) in [6, 6.07) is 1.11. The van der Waals surface area contributed by atoms with Gasteiger partial charge in [-0.1, -0.05) is 31.1 Å². The summed E-state index contributed by atoms with van der Waals surface area (Å²) in [4.78, 5) is 10.3. The molecule has 0 saturated heterocycles. The fraction of sp³-hybridized carbons (Fsp3) is 0.667. The molecular formula is C12H19N3O4S2. The number of sulfonamides is 1. The van der Waals surface area contributed by atoms with Crippen LogP contribution in [0.5, 0.6) is 0 Å². The molecule has 1 aromatic heterocycles. The van der Waals surface area contributed by atoms with Gasteiger partial charge in [-0.05, 0) is 18.3 Å². The van der Waals surface area contributed by atoms with Crippen LogP contribution in [-0.4, -0.2) is 26.9 Å². The number of hydrogen-bond donors (Lipinski definition) is 2. The van der Waals surface area contributed by atoms with E-state index < -0.39 is 14.9 Å². The number of nitrogens with one attached hydrogen (secondary N) is 2. The zero-order valence-electron chi connectivity index (χ0n) is 12.0. The Morgan fingerprint density at radius 1 is 1.43 bits per heavy atom. The van der Waals surface area contributed by atoms with E-state index in [0.717, 1.165) is 43.1 Å². The molecule has 1 aliphatic carbocycles. The summed E-state index contributed by atoms with van der Waals surface area (Å²) < 4.78 is 27.1. The standard InChI is InChI=1S/C12H19N3O4S2/c1-12(5-3-4-6-12)8-14-21(18,19)10-7-9(15(16)17)11(13-2)20-10/h7,13-14H,3-6,8H2,1-2H3. The van der Waals surface area contributed by atoms with Crippen molar-refractivity contribution in [2.24, 2.45) is 5.41 Å². The van der Waals surface area contributed by atoms with Gasteiger partial charge >= 0.3 is 5.69 Å².